The van der Waals surface area contributed by atoms with Crippen LogP contribution in [0.15, 0.2) is 0 Å². The second kappa shape index (κ2) is 7.60. The van der Waals surface area contributed by atoms with Crippen molar-refractivity contribution in [1.29, 1.82) is 0 Å². The Kier molecular flexibility index (Phi) is 5.53. The zero-order chi connectivity index (χ0) is 15.4. The van der Waals surface area contributed by atoms with Crippen LogP contribution in [0.25, 0.3) is 0 Å². The molecule has 4 nitrogen and oxygen atoms in total. The molecular weight excluding hydrogens is 272 g/mol. The summed E-state index contributed by atoms with van der Waals surface area (Å²) in [5, 5.41) is 3.45. The predicted octanol–water partition coefficient (Wildman–Crippen LogP) is 2.71. The van der Waals surface area contributed by atoms with E-state index in [9.17, 15) is 0 Å². The van der Waals surface area contributed by atoms with Gasteiger partial charge in [-0.1, -0.05) is 13.8 Å². The summed E-state index contributed by atoms with van der Waals surface area (Å²) in [6.45, 7) is 10.6. The van der Waals surface area contributed by atoms with Crippen LogP contribution in [0.3, 0.4) is 0 Å². The summed E-state index contributed by atoms with van der Waals surface area (Å²) < 4.78 is 0. The van der Waals surface area contributed by atoms with Gasteiger partial charge in [-0.25, -0.2) is 4.98 Å². The van der Waals surface area contributed by atoms with Crippen molar-refractivity contribution in [3.8, 4) is 0 Å². The minimum Gasteiger partial charge on any atom is -0.345 e. The number of piperidine rings is 1. The number of nitrogens with zero attached hydrogens (tertiary/aromatic N) is 2. The summed E-state index contributed by atoms with van der Waals surface area (Å²) >= 11 is 0. The predicted molar refractivity (Wildman–Crippen MR) is 91.4 cm³/mol. The lowest BCUT2D eigenvalue weighted by Crippen LogP contribution is -2.27. The van der Waals surface area contributed by atoms with Crippen molar-refractivity contribution in [1.82, 2.24) is 20.2 Å². The molecule has 0 unspecified atom stereocenters. The lowest BCUT2D eigenvalue weighted by atomic mass is 9.98. The number of rotatable bonds is 6. The van der Waals surface area contributed by atoms with Gasteiger partial charge in [0.15, 0.2) is 0 Å². The van der Waals surface area contributed by atoms with Crippen LogP contribution >= 0.6 is 0 Å². The Balaban J connectivity index is 1.68. The number of hydrogen-bond donors (Lipinski definition) is 2. The molecule has 4 heteroatoms. The molecule has 2 N–H and O–H groups in total. The average molecular weight is 304 g/mol. The summed E-state index contributed by atoms with van der Waals surface area (Å²) in [6.07, 6.45) is 7.44. The fourth-order valence-corrected chi connectivity index (χ4v) is 3.81. The first kappa shape index (κ1) is 16.0. The van der Waals surface area contributed by atoms with Gasteiger partial charge in [-0.05, 0) is 64.2 Å². The van der Waals surface area contributed by atoms with Gasteiger partial charge in [0.1, 0.15) is 5.82 Å². The van der Waals surface area contributed by atoms with E-state index in [4.69, 9.17) is 4.98 Å². The van der Waals surface area contributed by atoms with Crippen LogP contribution in [0.1, 0.15) is 62.7 Å². The Bertz CT molecular complexity index is 454. The van der Waals surface area contributed by atoms with E-state index in [1.165, 1.54) is 62.5 Å². The topological polar surface area (TPSA) is 44.0 Å². The summed E-state index contributed by atoms with van der Waals surface area (Å²) in [7, 11) is 0. The minimum absolute atomic E-state index is 0.632. The summed E-state index contributed by atoms with van der Waals surface area (Å²) in [5.74, 6) is 2.58. The van der Waals surface area contributed by atoms with Crippen molar-refractivity contribution in [3.05, 3.63) is 17.2 Å². The summed E-state index contributed by atoms with van der Waals surface area (Å²) in [6, 6.07) is 0. The Morgan fingerprint density at radius 3 is 2.59 bits per heavy atom. The van der Waals surface area contributed by atoms with Crippen molar-refractivity contribution < 1.29 is 0 Å². The highest BCUT2D eigenvalue weighted by Gasteiger charge is 2.21. The lowest BCUT2D eigenvalue weighted by Gasteiger charge is -2.20. The third-order valence-electron chi connectivity index (χ3n) is 5.08. The first-order valence-electron chi connectivity index (χ1n) is 9.23. The van der Waals surface area contributed by atoms with Gasteiger partial charge in [-0.15, -0.1) is 0 Å². The number of nitrogens with one attached hydrogen (secondary N) is 2. The maximum Gasteiger partial charge on any atom is 0.109 e. The van der Waals surface area contributed by atoms with Crippen LogP contribution in [0, 0.1) is 5.92 Å². The quantitative estimate of drug-likeness (QED) is 0.849. The maximum atomic E-state index is 5.04. The fourth-order valence-electron chi connectivity index (χ4n) is 3.81. The molecule has 0 saturated carbocycles. The molecule has 2 fully saturated rings. The van der Waals surface area contributed by atoms with Crippen LogP contribution in [-0.4, -0.2) is 47.6 Å². The Morgan fingerprint density at radius 2 is 1.91 bits per heavy atom. The van der Waals surface area contributed by atoms with Crippen LogP contribution in [0.4, 0.5) is 0 Å². The SMILES string of the molecule is CC(C)Cc1[nH]c(C2CCNCC2)nc1CCN1CCCC1. The zero-order valence-corrected chi connectivity index (χ0v) is 14.3. The number of imidazole rings is 1. The van der Waals surface area contributed by atoms with E-state index in [1.807, 2.05) is 0 Å². The van der Waals surface area contributed by atoms with Crippen molar-refractivity contribution in [2.45, 2.75) is 58.3 Å². The molecule has 22 heavy (non-hydrogen) atoms. The molecular formula is C18H32N4. The van der Waals surface area contributed by atoms with E-state index in [1.54, 1.807) is 0 Å². The highest BCUT2D eigenvalue weighted by molar-refractivity contribution is 5.18. The van der Waals surface area contributed by atoms with Crippen LogP contribution in [-0.2, 0) is 12.8 Å². The highest BCUT2D eigenvalue weighted by Crippen LogP contribution is 2.25. The van der Waals surface area contributed by atoms with Crippen LogP contribution in [0.2, 0.25) is 0 Å². The first-order valence-corrected chi connectivity index (χ1v) is 9.23. The molecule has 2 aliphatic rings. The van der Waals surface area contributed by atoms with Gasteiger partial charge in [0.25, 0.3) is 0 Å². The molecule has 2 saturated heterocycles. The summed E-state index contributed by atoms with van der Waals surface area (Å²) in [4.78, 5) is 11.3. The Labute approximate surface area is 135 Å². The van der Waals surface area contributed by atoms with Crippen molar-refractivity contribution in [2.75, 3.05) is 32.7 Å². The average Bonchev–Trinajstić information content (AvgIpc) is 3.15. The molecule has 0 radical (unpaired) electrons. The third-order valence-corrected chi connectivity index (χ3v) is 5.08. The van der Waals surface area contributed by atoms with Gasteiger partial charge >= 0.3 is 0 Å². The van der Waals surface area contributed by atoms with E-state index in [0.29, 0.717) is 11.8 Å². The fraction of sp³-hybridized carbons (Fsp3) is 0.833. The van der Waals surface area contributed by atoms with E-state index in [-0.39, 0.29) is 0 Å². The van der Waals surface area contributed by atoms with Crippen LogP contribution in [0.5, 0.6) is 0 Å². The van der Waals surface area contributed by atoms with Gasteiger partial charge < -0.3 is 15.2 Å². The lowest BCUT2D eigenvalue weighted by molar-refractivity contribution is 0.341. The second-order valence-corrected chi connectivity index (χ2v) is 7.47. The molecule has 124 valence electrons. The van der Waals surface area contributed by atoms with Crippen molar-refractivity contribution in [2.24, 2.45) is 5.92 Å². The monoisotopic (exact) mass is 304 g/mol. The normalized spacial score (nSPS) is 21.0. The Hall–Kier alpha value is -0.870. The molecule has 0 bridgehead atoms. The first-order chi connectivity index (χ1) is 10.7. The molecule has 0 aromatic carbocycles. The van der Waals surface area contributed by atoms with Gasteiger partial charge in [-0.3, -0.25) is 0 Å². The standard InChI is InChI=1S/C18H32N4/c1-14(2)13-17-16(7-12-22-10-3-4-11-22)20-18(21-17)15-5-8-19-9-6-15/h14-15,19H,3-13H2,1-2H3,(H,20,21). The van der Waals surface area contributed by atoms with Crippen molar-refractivity contribution in [3.63, 3.8) is 0 Å². The number of hydrogen-bond acceptors (Lipinski definition) is 3. The second-order valence-electron chi connectivity index (χ2n) is 7.47. The number of aromatic amines is 1. The van der Waals surface area contributed by atoms with E-state index in [0.717, 1.165) is 25.9 Å². The molecule has 0 spiro atoms. The molecule has 0 amide bonds. The molecule has 1 aromatic rings. The highest BCUT2D eigenvalue weighted by atomic mass is 15.1. The summed E-state index contributed by atoms with van der Waals surface area (Å²) in [5.41, 5.74) is 2.75. The Morgan fingerprint density at radius 1 is 1.18 bits per heavy atom. The molecule has 1 aromatic heterocycles. The van der Waals surface area contributed by atoms with Gasteiger partial charge in [0, 0.05) is 24.6 Å². The largest absolute Gasteiger partial charge is 0.345 e. The molecule has 3 heterocycles. The third kappa shape index (κ3) is 4.11. The molecule has 0 atom stereocenters. The van der Waals surface area contributed by atoms with E-state index >= 15 is 0 Å². The molecule has 2 aliphatic heterocycles. The van der Waals surface area contributed by atoms with Crippen molar-refractivity contribution >= 4 is 0 Å². The van der Waals surface area contributed by atoms with Gasteiger partial charge in [-0.2, -0.15) is 0 Å². The van der Waals surface area contributed by atoms with Gasteiger partial charge in [0.2, 0.25) is 0 Å². The van der Waals surface area contributed by atoms with Crippen LogP contribution < -0.4 is 5.32 Å². The smallest absolute Gasteiger partial charge is 0.109 e. The molecule has 0 aliphatic carbocycles. The van der Waals surface area contributed by atoms with Gasteiger partial charge in [0.05, 0.1) is 5.69 Å². The molecule has 3 rings (SSSR count). The minimum atomic E-state index is 0.632. The zero-order valence-electron chi connectivity index (χ0n) is 14.3. The maximum absolute atomic E-state index is 5.04. The number of likely N-dealkylation sites (tertiary alicyclic amines) is 1. The number of aromatic nitrogens is 2. The number of H-pyrrole nitrogens is 1. The van der Waals surface area contributed by atoms with E-state index in [2.05, 4.69) is 29.0 Å². The van der Waals surface area contributed by atoms with E-state index < -0.39 is 0 Å².